The SMILES string of the molecule is C[C@H]1CCCN(C(=O)C2=CN(c3ncnc4[nH]ccc34)CCS2)C1. The van der Waals surface area contributed by atoms with Crippen LogP contribution >= 0.6 is 11.8 Å². The summed E-state index contributed by atoms with van der Waals surface area (Å²) in [5.41, 5.74) is 0.823. The lowest BCUT2D eigenvalue weighted by atomic mass is 10.0. The first-order valence-electron chi connectivity index (χ1n) is 8.41. The Bertz CT molecular complexity index is 786. The topological polar surface area (TPSA) is 65.1 Å². The van der Waals surface area contributed by atoms with Crippen molar-refractivity contribution in [2.24, 2.45) is 5.92 Å². The molecule has 0 spiro atoms. The van der Waals surface area contributed by atoms with E-state index >= 15 is 0 Å². The molecule has 0 unspecified atom stereocenters. The average Bonchev–Trinajstić information content (AvgIpc) is 3.10. The lowest BCUT2D eigenvalue weighted by Gasteiger charge is -2.33. The molecular weight excluding hydrogens is 322 g/mol. The molecule has 2 aliphatic heterocycles. The molecule has 0 radical (unpaired) electrons. The van der Waals surface area contributed by atoms with Gasteiger partial charge in [0.15, 0.2) is 0 Å². The molecule has 1 saturated heterocycles. The smallest absolute Gasteiger partial charge is 0.261 e. The number of carbonyl (C=O) groups is 1. The van der Waals surface area contributed by atoms with E-state index < -0.39 is 0 Å². The zero-order valence-corrected chi connectivity index (χ0v) is 14.6. The third kappa shape index (κ3) is 2.88. The number of aromatic amines is 1. The number of H-pyrrole nitrogens is 1. The molecule has 1 fully saturated rings. The van der Waals surface area contributed by atoms with Crippen molar-refractivity contribution in [3.8, 4) is 0 Å². The number of piperidine rings is 1. The van der Waals surface area contributed by atoms with Gasteiger partial charge in [-0.05, 0) is 24.8 Å². The lowest BCUT2D eigenvalue weighted by molar-refractivity contribution is -0.128. The number of rotatable bonds is 2. The quantitative estimate of drug-likeness (QED) is 0.908. The van der Waals surface area contributed by atoms with Gasteiger partial charge in [-0.3, -0.25) is 4.79 Å². The largest absolute Gasteiger partial charge is 0.346 e. The maximum atomic E-state index is 12.9. The highest BCUT2D eigenvalue weighted by molar-refractivity contribution is 8.04. The normalized spacial score (nSPS) is 21.9. The Labute approximate surface area is 145 Å². The highest BCUT2D eigenvalue weighted by Gasteiger charge is 2.27. The van der Waals surface area contributed by atoms with Crippen LogP contribution in [0.4, 0.5) is 5.82 Å². The number of aromatic nitrogens is 3. The molecule has 2 aromatic heterocycles. The Balaban J connectivity index is 1.61. The fourth-order valence-electron chi connectivity index (χ4n) is 3.40. The number of hydrogen-bond donors (Lipinski definition) is 1. The number of nitrogens with one attached hydrogen (secondary N) is 1. The molecule has 1 amide bonds. The maximum absolute atomic E-state index is 12.9. The monoisotopic (exact) mass is 343 g/mol. The Morgan fingerprint density at radius 2 is 2.29 bits per heavy atom. The predicted molar refractivity (Wildman–Crippen MR) is 96.8 cm³/mol. The van der Waals surface area contributed by atoms with Gasteiger partial charge in [-0.25, -0.2) is 9.97 Å². The highest BCUT2D eigenvalue weighted by atomic mass is 32.2. The van der Waals surface area contributed by atoms with E-state index in [0.717, 1.165) is 53.6 Å². The van der Waals surface area contributed by atoms with Gasteiger partial charge in [-0.1, -0.05) is 6.92 Å². The van der Waals surface area contributed by atoms with E-state index in [0.29, 0.717) is 5.92 Å². The van der Waals surface area contributed by atoms with Gasteiger partial charge in [0.1, 0.15) is 17.8 Å². The summed E-state index contributed by atoms with van der Waals surface area (Å²) >= 11 is 1.65. The standard InChI is InChI=1S/C17H21N5OS/c1-12-3-2-6-22(9-12)17(23)14-10-21(7-8-24-14)16-13-4-5-18-15(13)19-11-20-16/h4-5,10-12H,2-3,6-9H2,1H3,(H,18,19,20)/t12-/m0/s1. The average molecular weight is 343 g/mol. The van der Waals surface area contributed by atoms with Crippen LogP contribution in [0, 0.1) is 5.92 Å². The Morgan fingerprint density at radius 3 is 3.17 bits per heavy atom. The maximum Gasteiger partial charge on any atom is 0.261 e. The van der Waals surface area contributed by atoms with Crippen LogP contribution in [-0.4, -0.2) is 51.1 Å². The number of thioether (sulfide) groups is 1. The lowest BCUT2D eigenvalue weighted by Crippen LogP contribution is -2.40. The summed E-state index contributed by atoms with van der Waals surface area (Å²) in [5.74, 6) is 2.50. The van der Waals surface area contributed by atoms with E-state index in [2.05, 4.69) is 26.8 Å². The third-order valence-corrected chi connectivity index (χ3v) is 5.60. The first-order valence-corrected chi connectivity index (χ1v) is 9.39. The van der Waals surface area contributed by atoms with E-state index in [1.165, 1.54) is 6.42 Å². The number of likely N-dealkylation sites (tertiary alicyclic amines) is 1. The van der Waals surface area contributed by atoms with Crippen molar-refractivity contribution >= 4 is 34.5 Å². The van der Waals surface area contributed by atoms with E-state index in [1.54, 1.807) is 18.1 Å². The number of fused-ring (bicyclic) bond motifs is 1. The van der Waals surface area contributed by atoms with Gasteiger partial charge >= 0.3 is 0 Å². The van der Waals surface area contributed by atoms with Crippen LogP contribution in [-0.2, 0) is 4.79 Å². The molecule has 7 heteroatoms. The van der Waals surface area contributed by atoms with Gasteiger partial charge in [-0.15, -0.1) is 11.8 Å². The molecule has 4 heterocycles. The molecule has 1 atom stereocenters. The molecule has 126 valence electrons. The van der Waals surface area contributed by atoms with E-state index in [9.17, 15) is 4.79 Å². The summed E-state index contributed by atoms with van der Waals surface area (Å²) in [7, 11) is 0. The van der Waals surface area contributed by atoms with Gasteiger partial charge in [0.25, 0.3) is 5.91 Å². The summed E-state index contributed by atoms with van der Waals surface area (Å²) < 4.78 is 0. The van der Waals surface area contributed by atoms with E-state index in [1.807, 2.05) is 23.4 Å². The molecule has 0 saturated carbocycles. The van der Waals surface area contributed by atoms with Crippen molar-refractivity contribution in [1.82, 2.24) is 19.9 Å². The molecule has 0 bridgehead atoms. The second kappa shape index (κ2) is 6.47. The fourth-order valence-corrected chi connectivity index (χ4v) is 4.36. The zero-order valence-electron chi connectivity index (χ0n) is 13.7. The van der Waals surface area contributed by atoms with Crippen LogP contribution < -0.4 is 4.90 Å². The molecule has 2 aliphatic rings. The van der Waals surface area contributed by atoms with Crippen molar-refractivity contribution < 1.29 is 4.79 Å². The van der Waals surface area contributed by atoms with Crippen LogP contribution in [0.5, 0.6) is 0 Å². The minimum absolute atomic E-state index is 0.163. The number of anilines is 1. The Hall–Kier alpha value is -2.02. The summed E-state index contributed by atoms with van der Waals surface area (Å²) in [6, 6.07) is 1.98. The number of amides is 1. The molecule has 0 aromatic carbocycles. The zero-order chi connectivity index (χ0) is 16.5. The number of carbonyl (C=O) groups excluding carboxylic acids is 1. The molecule has 24 heavy (non-hydrogen) atoms. The van der Waals surface area contributed by atoms with Crippen molar-refractivity contribution in [2.45, 2.75) is 19.8 Å². The Morgan fingerprint density at radius 1 is 1.38 bits per heavy atom. The Kier molecular flexibility index (Phi) is 4.18. The van der Waals surface area contributed by atoms with Crippen LogP contribution in [0.2, 0.25) is 0 Å². The van der Waals surface area contributed by atoms with Crippen molar-refractivity contribution in [1.29, 1.82) is 0 Å². The first kappa shape index (κ1) is 15.5. The van der Waals surface area contributed by atoms with Crippen molar-refractivity contribution in [2.75, 3.05) is 30.3 Å². The summed E-state index contributed by atoms with van der Waals surface area (Å²) in [4.78, 5) is 29.5. The molecule has 2 aromatic rings. The van der Waals surface area contributed by atoms with E-state index in [-0.39, 0.29) is 5.91 Å². The van der Waals surface area contributed by atoms with E-state index in [4.69, 9.17) is 0 Å². The second-order valence-electron chi connectivity index (χ2n) is 6.47. The van der Waals surface area contributed by atoms with Gasteiger partial charge < -0.3 is 14.8 Å². The number of hydrogen-bond acceptors (Lipinski definition) is 5. The molecule has 1 N–H and O–H groups in total. The van der Waals surface area contributed by atoms with Crippen molar-refractivity contribution in [3.05, 3.63) is 29.7 Å². The second-order valence-corrected chi connectivity index (χ2v) is 7.61. The van der Waals surface area contributed by atoms with Crippen LogP contribution in [0.1, 0.15) is 19.8 Å². The minimum Gasteiger partial charge on any atom is -0.346 e. The van der Waals surface area contributed by atoms with Gasteiger partial charge in [0, 0.05) is 37.8 Å². The molecular formula is C17H21N5OS. The third-order valence-electron chi connectivity index (χ3n) is 4.62. The van der Waals surface area contributed by atoms with Gasteiger partial charge in [-0.2, -0.15) is 0 Å². The first-order chi connectivity index (χ1) is 11.7. The summed E-state index contributed by atoms with van der Waals surface area (Å²) in [5, 5.41) is 0.985. The molecule has 4 rings (SSSR count). The molecule has 6 nitrogen and oxygen atoms in total. The molecule has 0 aliphatic carbocycles. The van der Waals surface area contributed by atoms with Gasteiger partial charge in [0.05, 0.1) is 10.3 Å². The minimum atomic E-state index is 0.163. The number of nitrogens with zero attached hydrogens (tertiary/aromatic N) is 4. The van der Waals surface area contributed by atoms with Crippen LogP contribution in [0.15, 0.2) is 29.7 Å². The highest BCUT2D eigenvalue weighted by Crippen LogP contribution is 2.30. The fraction of sp³-hybridized carbons (Fsp3) is 0.471. The van der Waals surface area contributed by atoms with Crippen molar-refractivity contribution in [3.63, 3.8) is 0 Å². The van der Waals surface area contributed by atoms with Gasteiger partial charge in [0.2, 0.25) is 0 Å². The summed E-state index contributed by atoms with van der Waals surface area (Å²) in [6.07, 6.45) is 7.72. The summed E-state index contributed by atoms with van der Waals surface area (Å²) in [6.45, 7) is 4.80. The van der Waals surface area contributed by atoms with Crippen LogP contribution in [0.3, 0.4) is 0 Å². The van der Waals surface area contributed by atoms with Crippen LogP contribution in [0.25, 0.3) is 11.0 Å². The predicted octanol–water partition coefficient (Wildman–Crippen LogP) is 2.61.